The molecule has 2 aliphatic carbocycles. The molecular formula is C33H40N2O6Y2-2. The Balaban J connectivity index is -0.000000630. The van der Waals surface area contributed by atoms with Crippen molar-refractivity contribution in [3.63, 3.8) is 0 Å². The van der Waals surface area contributed by atoms with Crippen LogP contribution in [0.25, 0.3) is 0 Å². The predicted octanol–water partition coefficient (Wildman–Crippen LogP) is 6.76. The molecule has 43 heavy (non-hydrogen) atoms. The van der Waals surface area contributed by atoms with Gasteiger partial charge in [0.1, 0.15) is 5.78 Å². The SMILES string of the molecule is CC1=C(C)C(=O)c2c(C)c(C)[c-]c(C)c2C1=O.C[CH-]c1c(C)c(C)c2c(c1C)C(=O)C(C)=C(C)C2=O.N.N.O=C=O.[Y].[Y]. The summed E-state index contributed by atoms with van der Waals surface area (Å²) >= 11 is 0. The third-order valence-corrected chi connectivity index (χ3v) is 7.99. The molecular weight excluding hydrogens is 698 g/mol. The molecule has 10 heteroatoms. The molecule has 8 nitrogen and oxygen atoms in total. The van der Waals surface area contributed by atoms with Gasteiger partial charge in [-0.25, -0.2) is 0 Å². The Morgan fingerprint density at radius 2 is 0.791 bits per heavy atom. The maximum atomic E-state index is 12.5. The van der Waals surface area contributed by atoms with Crippen LogP contribution in [0.5, 0.6) is 0 Å². The fraction of sp³-hybridized carbons (Fsp3) is 0.333. The van der Waals surface area contributed by atoms with E-state index >= 15 is 0 Å². The molecule has 0 atom stereocenters. The number of ketones is 4. The molecule has 2 aromatic rings. The van der Waals surface area contributed by atoms with Crippen LogP contribution in [-0.4, -0.2) is 29.3 Å². The fourth-order valence-corrected chi connectivity index (χ4v) is 5.18. The first-order chi connectivity index (χ1) is 18.1. The van der Waals surface area contributed by atoms with Crippen LogP contribution < -0.4 is 12.3 Å². The number of allylic oxidation sites excluding steroid dienone is 4. The van der Waals surface area contributed by atoms with E-state index in [4.69, 9.17) is 9.59 Å². The van der Waals surface area contributed by atoms with Gasteiger partial charge in [0.2, 0.25) is 0 Å². The number of hydrogen-bond donors (Lipinski definition) is 2. The largest absolute Gasteiger partial charge is 0.373 e. The standard InChI is InChI=1S/C17H19O2.C15H15O2.CO2.2H3N.2Y/c1-7-13-8(2)9(3)14-15(12(13)6)17(19)11(5)10(4)16(14)18;1-7-6-8(2)12-13(9(7)3)15(17)11(5)10(4)14(12)16;2-1-3;;;;/h7H,1-6H3;1-5H3;;2*1H3;;/q2*-1;;;;;. The molecule has 0 saturated carbocycles. The zero-order chi connectivity index (χ0) is 30.1. The van der Waals surface area contributed by atoms with E-state index < -0.39 is 0 Å². The molecule has 0 fully saturated rings. The van der Waals surface area contributed by atoms with Gasteiger partial charge >= 0.3 is 6.15 Å². The molecule has 4 rings (SSSR count). The molecule has 0 bridgehead atoms. The van der Waals surface area contributed by atoms with Gasteiger partial charge in [0.15, 0.2) is 17.3 Å². The summed E-state index contributed by atoms with van der Waals surface area (Å²) in [5.74, 6) is -0.0574. The summed E-state index contributed by atoms with van der Waals surface area (Å²) in [7, 11) is 0. The molecule has 0 amide bonds. The maximum Gasteiger partial charge on any atom is 0.373 e. The van der Waals surface area contributed by atoms with E-state index in [9.17, 15) is 19.2 Å². The first-order valence-electron chi connectivity index (χ1n) is 12.6. The van der Waals surface area contributed by atoms with Gasteiger partial charge in [0.05, 0.1) is 0 Å². The number of hydrogen-bond acceptors (Lipinski definition) is 8. The first kappa shape index (κ1) is 45.4. The maximum absolute atomic E-state index is 12.5. The van der Waals surface area contributed by atoms with Crippen LogP contribution >= 0.6 is 0 Å². The zero-order valence-corrected chi connectivity index (χ0v) is 32.8. The van der Waals surface area contributed by atoms with E-state index in [1.807, 2.05) is 54.9 Å². The van der Waals surface area contributed by atoms with E-state index in [2.05, 4.69) is 6.07 Å². The van der Waals surface area contributed by atoms with Crippen LogP contribution in [0.1, 0.15) is 115 Å². The Kier molecular flexibility index (Phi) is 19.1. The zero-order valence-electron chi connectivity index (χ0n) is 27.1. The van der Waals surface area contributed by atoms with Crippen molar-refractivity contribution in [2.75, 3.05) is 0 Å². The third-order valence-electron chi connectivity index (χ3n) is 7.99. The third kappa shape index (κ3) is 8.18. The number of benzene rings is 2. The number of rotatable bonds is 1. The molecule has 0 unspecified atom stereocenters. The van der Waals surface area contributed by atoms with Crippen molar-refractivity contribution in [1.29, 1.82) is 0 Å². The summed E-state index contributed by atoms with van der Waals surface area (Å²) in [6.07, 6.45) is 2.26. The molecule has 2 aliphatic rings. The number of aryl methyl sites for hydroxylation is 2. The van der Waals surface area contributed by atoms with E-state index in [1.54, 1.807) is 27.7 Å². The molecule has 0 heterocycles. The summed E-state index contributed by atoms with van der Waals surface area (Å²) in [5.41, 5.74) is 11.2. The molecule has 2 aromatic carbocycles. The first-order valence-corrected chi connectivity index (χ1v) is 12.6. The van der Waals surface area contributed by atoms with Gasteiger partial charge in [-0.3, -0.25) is 14.4 Å². The average molecular weight is 739 g/mol. The summed E-state index contributed by atoms with van der Waals surface area (Å²) in [6, 6.07) is 3.16. The minimum absolute atomic E-state index is 0. The van der Waals surface area contributed by atoms with Crippen molar-refractivity contribution in [2.45, 2.75) is 76.2 Å². The van der Waals surface area contributed by atoms with Crippen molar-refractivity contribution in [3.8, 4) is 0 Å². The molecule has 0 spiro atoms. The van der Waals surface area contributed by atoms with E-state index in [1.165, 1.54) is 0 Å². The second-order valence-corrected chi connectivity index (χ2v) is 9.98. The minimum atomic E-state index is -0.0334. The van der Waals surface area contributed by atoms with Crippen molar-refractivity contribution < 1.29 is 94.2 Å². The number of Topliss-reactive ketones (excluding diaryl/α,β-unsaturated/α-hetero) is 4. The Labute approximate surface area is 305 Å². The molecule has 0 aliphatic heterocycles. The quantitative estimate of drug-likeness (QED) is 0.302. The van der Waals surface area contributed by atoms with Gasteiger partial charge in [-0.05, 0) is 38.8 Å². The summed E-state index contributed by atoms with van der Waals surface area (Å²) in [5, 5.41) is 0. The molecule has 6 N–H and O–H groups in total. The summed E-state index contributed by atoms with van der Waals surface area (Å²) < 4.78 is 0. The molecule has 0 saturated heterocycles. The van der Waals surface area contributed by atoms with Crippen molar-refractivity contribution in [3.05, 3.63) is 96.0 Å². The van der Waals surface area contributed by atoms with Gasteiger partial charge in [0, 0.05) is 87.7 Å². The fourth-order valence-electron chi connectivity index (χ4n) is 5.18. The average Bonchev–Trinajstić information content (AvgIpc) is 2.88. The Bertz CT molecular complexity index is 1580. The smallest absolute Gasteiger partial charge is 0.344 e. The Morgan fingerprint density at radius 3 is 1.14 bits per heavy atom. The van der Waals surface area contributed by atoms with Gasteiger partial charge in [0.25, 0.3) is 0 Å². The minimum Gasteiger partial charge on any atom is -0.344 e. The van der Waals surface area contributed by atoms with Gasteiger partial charge in [-0.15, -0.1) is 16.7 Å². The summed E-state index contributed by atoms with van der Waals surface area (Å²) in [4.78, 5) is 65.7. The van der Waals surface area contributed by atoms with Crippen molar-refractivity contribution in [1.82, 2.24) is 12.3 Å². The van der Waals surface area contributed by atoms with E-state index in [0.29, 0.717) is 44.5 Å². The molecule has 226 valence electrons. The number of fused-ring (bicyclic) bond motifs is 2. The van der Waals surface area contributed by atoms with Crippen LogP contribution in [0.4, 0.5) is 0 Å². The van der Waals surface area contributed by atoms with Crippen LogP contribution in [0.3, 0.4) is 0 Å². The Hall–Kier alpha value is -2.02. The van der Waals surface area contributed by atoms with Crippen LogP contribution in [0.2, 0.25) is 0 Å². The van der Waals surface area contributed by atoms with Gasteiger partial charge in [-0.2, -0.15) is 38.8 Å². The van der Waals surface area contributed by atoms with Crippen molar-refractivity contribution in [2.24, 2.45) is 0 Å². The second-order valence-electron chi connectivity index (χ2n) is 9.98. The van der Waals surface area contributed by atoms with Crippen molar-refractivity contribution >= 4 is 29.3 Å². The van der Waals surface area contributed by atoms with Gasteiger partial charge in [-0.1, -0.05) is 65.2 Å². The topological polar surface area (TPSA) is 172 Å². The van der Waals surface area contributed by atoms with E-state index in [-0.39, 0.29) is 107 Å². The van der Waals surface area contributed by atoms with Crippen LogP contribution in [0.15, 0.2) is 22.3 Å². The summed E-state index contributed by atoms with van der Waals surface area (Å²) in [6.45, 7) is 20.4. The normalized spacial score (nSPS) is 12.8. The van der Waals surface area contributed by atoms with Crippen LogP contribution in [0, 0.1) is 54.0 Å². The predicted molar refractivity (Wildman–Crippen MR) is 158 cm³/mol. The van der Waals surface area contributed by atoms with Gasteiger partial charge < -0.3 is 17.1 Å². The van der Waals surface area contributed by atoms with E-state index in [0.717, 1.165) is 38.9 Å². The molecule has 2 radical (unpaired) electrons. The van der Waals surface area contributed by atoms with Crippen LogP contribution in [-0.2, 0) is 75.0 Å². The number of carbonyl (C=O) groups is 4. The Morgan fingerprint density at radius 1 is 0.488 bits per heavy atom. The number of carbonyl (C=O) groups excluding carboxylic acids is 6. The molecule has 0 aromatic heterocycles. The monoisotopic (exact) mass is 738 g/mol. The second kappa shape index (κ2) is 18.1.